The molecule has 2 N–H and O–H groups in total. The molecule has 0 atom stereocenters. The lowest BCUT2D eigenvalue weighted by atomic mass is 10.2. The summed E-state index contributed by atoms with van der Waals surface area (Å²) in [5, 5.41) is 10.1. The molecule has 0 fully saturated rings. The largest absolute Gasteiger partial charge is 0.381 e. The molecule has 4 heteroatoms. The van der Waals surface area contributed by atoms with Gasteiger partial charge in [0.2, 0.25) is 0 Å². The van der Waals surface area contributed by atoms with Crippen LogP contribution in [-0.4, -0.2) is 30.0 Å². The van der Waals surface area contributed by atoms with Crippen LogP contribution in [0.1, 0.15) is 26.0 Å². The van der Waals surface area contributed by atoms with Crippen LogP contribution in [0, 0.1) is 5.92 Å². The Morgan fingerprint density at radius 1 is 1.53 bits per heavy atom. The number of aromatic amines is 1. The van der Waals surface area contributed by atoms with E-state index in [1.165, 1.54) is 0 Å². The lowest BCUT2D eigenvalue weighted by molar-refractivity contribution is 0.108. The topological polar surface area (TPSA) is 49.9 Å². The number of hydrogen-bond acceptors (Lipinski definition) is 3. The smallest absolute Gasteiger partial charge is 0.0490 e. The van der Waals surface area contributed by atoms with E-state index in [0.29, 0.717) is 5.92 Å². The van der Waals surface area contributed by atoms with E-state index in [2.05, 4.69) is 29.4 Å². The summed E-state index contributed by atoms with van der Waals surface area (Å²) in [6.45, 7) is 7.86. The molecule has 0 bridgehead atoms. The van der Waals surface area contributed by atoms with E-state index < -0.39 is 0 Å². The highest BCUT2D eigenvalue weighted by Crippen LogP contribution is 1.93. The molecule has 4 nitrogen and oxygen atoms in total. The van der Waals surface area contributed by atoms with Crippen molar-refractivity contribution in [3.8, 4) is 0 Å². The molecule has 0 radical (unpaired) electrons. The Labute approximate surface area is 91.4 Å². The van der Waals surface area contributed by atoms with Crippen LogP contribution in [0.25, 0.3) is 0 Å². The Morgan fingerprint density at radius 2 is 2.40 bits per heavy atom. The van der Waals surface area contributed by atoms with E-state index >= 15 is 0 Å². The maximum Gasteiger partial charge on any atom is 0.0490 e. The van der Waals surface area contributed by atoms with E-state index in [1.807, 2.05) is 6.07 Å². The molecule has 0 aliphatic heterocycles. The molecule has 0 aromatic carbocycles. The van der Waals surface area contributed by atoms with Gasteiger partial charge < -0.3 is 10.1 Å². The quantitative estimate of drug-likeness (QED) is 0.642. The molecule has 0 aliphatic carbocycles. The molecule has 15 heavy (non-hydrogen) atoms. The normalized spacial score (nSPS) is 11.1. The van der Waals surface area contributed by atoms with Gasteiger partial charge in [0, 0.05) is 31.6 Å². The molecule has 0 saturated heterocycles. The van der Waals surface area contributed by atoms with Crippen molar-refractivity contribution < 1.29 is 4.74 Å². The zero-order valence-electron chi connectivity index (χ0n) is 9.62. The third-order valence-corrected chi connectivity index (χ3v) is 1.97. The minimum atomic E-state index is 0.628. The summed E-state index contributed by atoms with van der Waals surface area (Å²) in [4.78, 5) is 0. The molecule has 0 amide bonds. The third-order valence-electron chi connectivity index (χ3n) is 1.97. The molecule has 1 aromatic heterocycles. The standard InChI is InChI=1S/C11H21N3O/c1-10(2)9-15-7-3-5-12-8-11-4-6-13-14-11/h4,6,10,12H,3,5,7-9H2,1-2H3,(H,13,14). The molecule has 0 unspecified atom stereocenters. The Kier molecular flexibility index (Phi) is 6.04. The lowest BCUT2D eigenvalue weighted by Crippen LogP contribution is -2.17. The number of nitrogens with one attached hydrogen (secondary N) is 2. The first-order valence-corrected chi connectivity index (χ1v) is 5.55. The Morgan fingerprint density at radius 3 is 3.07 bits per heavy atom. The van der Waals surface area contributed by atoms with Crippen LogP contribution in [0.2, 0.25) is 0 Å². The van der Waals surface area contributed by atoms with Gasteiger partial charge in [-0.1, -0.05) is 13.8 Å². The summed E-state index contributed by atoms with van der Waals surface area (Å²) in [6.07, 6.45) is 2.82. The second-order valence-corrected chi connectivity index (χ2v) is 4.08. The van der Waals surface area contributed by atoms with Crippen molar-refractivity contribution in [3.63, 3.8) is 0 Å². The highest BCUT2D eigenvalue weighted by molar-refractivity contribution is 4.96. The van der Waals surface area contributed by atoms with E-state index in [4.69, 9.17) is 4.74 Å². The van der Waals surface area contributed by atoms with E-state index in [9.17, 15) is 0 Å². The van der Waals surface area contributed by atoms with Crippen LogP contribution in [0.4, 0.5) is 0 Å². The van der Waals surface area contributed by atoms with E-state index in [1.54, 1.807) is 6.20 Å². The lowest BCUT2D eigenvalue weighted by Gasteiger charge is -2.06. The first kappa shape index (κ1) is 12.2. The summed E-state index contributed by atoms with van der Waals surface area (Å²) in [5.41, 5.74) is 1.12. The van der Waals surface area contributed by atoms with Crippen LogP contribution < -0.4 is 5.32 Å². The summed E-state index contributed by atoms with van der Waals surface area (Å²) < 4.78 is 5.47. The van der Waals surface area contributed by atoms with Gasteiger partial charge in [0.15, 0.2) is 0 Å². The molecule has 0 spiro atoms. The number of ether oxygens (including phenoxy) is 1. The molecule has 0 saturated carbocycles. The Hall–Kier alpha value is -0.870. The van der Waals surface area contributed by atoms with Gasteiger partial charge in [-0.25, -0.2) is 0 Å². The van der Waals surface area contributed by atoms with Crippen LogP contribution in [0.5, 0.6) is 0 Å². The van der Waals surface area contributed by atoms with Gasteiger partial charge in [0.05, 0.1) is 0 Å². The number of nitrogens with zero attached hydrogens (tertiary/aromatic N) is 1. The van der Waals surface area contributed by atoms with Crippen molar-refractivity contribution in [1.82, 2.24) is 15.5 Å². The Bertz CT molecular complexity index is 234. The van der Waals surface area contributed by atoms with Crippen molar-refractivity contribution in [1.29, 1.82) is 0 Å². The van der Waals surface area contributed by atoms with Crippen molar-refractivity contribution in [2.45, 2.75) is 26.8 Å². The van der Waals surface area contributed by atoms with Gasteiger partial charge in [-0.2, -0.15) is 5.10 Å². The highest BCUT2D eigenvalue weighted by atomic mass is 16.5. The monoisotopic (exact) mass is 211 g/mol. The molecule has 0 aliphatic rings. The SMILES string of the molecule is CC(C)COCCCNCc1ccn[nH]1. The molecule has 1 heterocycles. The average Bonchev–Trinajstić information content (AvgIpc) is 2.68. The zero-order valence-corrected chi connectivity index (χ0v) is 9.62. The maximum absolute atomic E-state index is 5.47. The molecule has 86 valence electrons. The van der Waals surface area contributed by atoms with Gasteiger partial charge in [-0.3, -0.25) is 5.10 Å². The number of hydrogen-bond donors (Lipinski definition) is 2. The fourth-order valence-corrected chi connectivity index (χ4v) is 1.22. The second kappa shape index (κ2) is 7.43. The fourth-order valence-electron chi connectivity index (χ4n) is 1.22. The predicted molar refractivity (Wildman–Crippen MR) is 60.6 cm³/mol. The fraction of sp³-hybridized carbons (Fsp3) is 0.727. The molecule has 1 aromatic rings. The summed E-state index contributed by atoms with van der Waals surface area (Å²) in [6, 6.07) is 1.97. The van der Waals surface area contributed by atoms with E-state index in [-0.39, 0.29) is 0 Å². The second-order valence-electron chi connectivity index (χ2n) is 4.08. The predicted octanol–water partition coefficient (Wildman–Crippen LogP) is 1.56. The minimum absolute atomic E-state index is 0.628. The van der Waals surface area contributed by atoms with Crippen LogP contribution in [0.3, 0.4) is 0 Å². The van der Waals surface area contributed by atoms with Crippen molar-refractivity contribution in [3.05, 3.63) is 18.0 Å². The summed E-state index contributed by atoms with van der Waals surface area (Å²) >= 11 is 0. The van der Waals surface area contributed by atoms with E-state index in [0.717, 1.165) is 38.4 Å². The average molecular weight is 211 g/mol. The van der Waals surface area contributed by atoms with Crippen molar-refractivity contribution >= 4 is 0 Å². The van der Waals surface area contributed by atoms with Gasteiger partial charge in [0.1, 0.15) is 0 Å². The van der Waals surface area contributed by atoms with Crippen LogP contribution in [-0.2, 0) is 11.3 Å². The number of H-pyrrole nitrogens is 1. The number of rotatable bonds is 8. The van der Waals surface area contributed by atoms with Gasteiger partial charge >= 0.3 is 0 Å². The molecular formula is C11H21N3O. The first-order chi connectivity index (χ1) is 7.29. The number of aromatic nitrogens is 2. The first-order valence-electron chi connectivity index (χ1n) is 5.55. The summed E-state index contributed by atoms with van der Waals surface area (Å²) in [7, 11) is 0. The van der Waals surface area contributed by atoms with Crippen molar-refractivity contribution in [2.24, 2.45) is 5.92 Å². The molecular weight excluding hydrogens is 190 g/mol. The van der Waals surface area contributed by atoms with Gasteiger partial charge in [0.25, 0.3) is 0 Å². The zero-order chi connectivity index (χ0) is 10.9. The minimum Gasteiger partial charge on any atom is -0.381 e. The molecule has 1 rings (SSSR count). The summed E-state index contributed by atoms with van der Waals surface area (Å²) in [5.74, 6) is 0.628. The van der Waals surface area contributed by atoms with Crippen LogP contribution >= 0.6 is 0 Å². The van der Waals surface area contributed by atoms with Crippen molar-refractivity contribution in [2.75, 3.05) is 19.8 Å². The highest BCUT2D eigenvalue weighted by Gasteiger charge is 1.95. The maximum atomic E-state index is 5.47. The third kappa shape index (κ3) is 6.25. The Balaban J connectivity index is 1.85. The van der Waals surface area contributed by atoms with Crippen LogP contribution in [0.15, 0.2) is 12.3 Å². The van der Waals surface area contributed by atoms with Gasteiger partial charge in [-0.15, -0.1) is 0 Å². The van der Waals surface area contributed by atoms with Gasteiger partial charge in [-0.05, 0) is 24.9 Å².